The van der Waals surface area contributed by atoms with Crippen molar-refractivity contribution in [2.75, 3.05) is 0 Å². The number of fused-ring (bicyclic) bond motifs is 1. The third kappa shape index (κ3) is 1.26. The molecule has 0 aromatic rings. The lowest BCUT2D eigenvalue weighted by atomic mass is 9.81. The molecule has 0 saturated heterocycles. The van der Waals surface area contributed by atoms with E-state index in [0.29, 0.717) is 11.8 Å². The predicted molar refractivity (Wildman–Crippen MR) is 54.4 cm³/mol. The standard InChI is InChI=1S/C12H18O/c1-9-7-8-12(13)10(2)5-3-4-6-11(9)12/h4,6,9,11,13H,2-3,5,7-8H2,1H3. The summed E-state index contributed by atoms with van der Waals surface area (Å²) in [6.45, 7) is 6.26. The van der Waals surface area contributed by atoms with Gasteiger partial charge in [-0.25, -0.2) is 0 Å². The van der Waals surface area contributed by atoms with Crippen molar-refractivity contribution in [1.82, 2.24) is 0 Å². The first kappa shape index (κ1) is 9.01. The van der Waals surface area contributed by atoms with Crippen molar-refractivity contribution in [3.05, 3.63) is 24.3 Å². The van der Waals surface area contributed by atoms with Gasteiger partial charge in [-0.15, -0.1) is 0 Å². The Kier molecular flexibility index (Phi) is 2.07. The summed E-state index contributed by atoms with van der Waals surface area (Å²) >= 11 is 0. The Balaban J connectivity index is 2.34. The fourth-order valence-corrected chi connectivity index (χ4v) is 2.74. The molecule has 0 spiro atoms. The van der Waals surface area contributed by atoms with Crippen LogP contribution in [0.4, 0.5) is 0 Å². The summed E-state index contributed by atoms with van der Waals surface area (Å²) in [6.07, 6.45) is 8.44. The summed E-state index contributed by atoms with van der Waals surface area (Å²) in [5, 5.41) is 10.5. The molecule has 3 unspecified atom stereocenters. The molecule has 1 fully saturated rings. The van der Waals surface area contributed by atoms with Crippen molar-refractivity contribution in [3.8, 4) is 0 Å². The quantitative estimate of drug-likeness (QED) is 0.565. The highest BCUT2D eigenvalue weighted by atomic mass is 16.3. The lowest BCUT2D eigenvalue weighted by molar-refractivity contribution is 0.0486. The molecule has 1 N–H and O–H groups in total. The van der Waals surface area contributed by atoms with Crippen LogP contribution in [0.15, 0.2) is 24.3 Å². The average molecular weight is 178 g/mol. The summed E-state index contributed by atoms with van der Waals surface area (Å²) in [7, 11) is 0. The first-order valence-corrected chi connectivity index (χ1v) is 5.22. The maximum atomic E-state index is 10.5. The molecule has 0 aromatic heterocycles. The van der Waals surface area contributed by atoms with Crippen LogP contribution in [-0.2, 0) is 0 Å². The molecule has 3 atom stereocenters. The van der Waals surface area contributed by atoms with E-state index in [1.165, 1.54) is 0 Å². The van der Waals surface area contributed by atoms with Crippen LogP contribution in [0.25, 0.3) is 0 Å². The van der Waals surface area contributed by atoms with Gasteiger partial charge < -0.3 is 5.11 Å². The van der Waals surface area contributed by atoms with E-state index in [2.05, 4.69) is 25.7 Å². The maximum Gasteiger partial charge on any atom is 0.0919 e. The molecule has 2 aliphatic carbocycles. The van der Waals surface area contributed by atoms with Crippen LogP contribution in [-0.4, -0.2) is 10.7 Å². The van der Waals surface area contributed by atoms with E-state index in [1.54, 1.807) is 0 Å². The SMILES string of the molecule is C=C1CCC=CC2C(C)CCC12O. The molecule has 0 bridgehead atoms. The highest BCUT2D eigenvalue weighted by Crippen LogP contribution is 2.47. The Hall–Kier alpha value is -0.560. The lowest BCUT2D eigenvalue weighted by Crippen LogP contribution is -2.34. The maximum absolute atomic E-state index is 10.5. The fourth-order valence-electron chi connectivity index (χ4n) is 2.74. The molecule has 0 radical (unpaired) electrons. The van der Waals surface area contributed by atoms with Gasteiger partial charge in [-0.05, 0) is 37.2 Å². The van der Waals surface area contributed by atoms with E-state index in [4.69, 9.17) is 0 Å². The molecule has 1 heteroatoms. The molecule has 0 heterocycles. The second-order valence-corrected chi connectivity index (χ2v) is 4.54. The van der Waals surface area contributed by atoms with Crippen molar-refractivity contribution in [1.29, 1.82) is 0 Å². The van der Waals surface area contributed by atoms with E-state index >= 15 is 0 Å². The number of allylic oxidation sites excluding steroid dienone is 1. The summed E-state index contributed by atoms with van der Waals surface area (Å²) < 4.78 is 0. The van der Waals surface area contributed by atoms with Gasteiger partial charge in [0.15, 0.2) is 0 Å². The van der Waals surface area contributed by atoms with Gasteiger partial charge in [0.25, 0.3) is 0 Å². The molecular formula is C12H18O. The second-order valence-electron chi connectivity index (χ2n) is 4.54. The Morgan fingerprint density at radius 3 is 3.15 bits per heavy atom. The number of hydrogen-bond acceptors (Lipinski definition) is 1. The van der Waals surface area contributed by atoms with E-state index in [9.17, 15) is 5.11 Å². The van der Waals surface area contributed by atoms with Crippen LogP contribution in [0.3, 0.4) is 0 Å². The Labute approximate surface area is 80.2 Å². The van der Waals surface area contributed by atoms with Crippen LogP contribution < -0.4 is 0 Å². The Morgan fingerprint density at radius 1 is 1.62 bits per heavy atom. The van der Waals surface area contributed by atoms with Crippen LogP contribution in [0.1, 0.15) is 32.6 Å². The predicted octanol–water partition coefficient (Wildman–Crippen LogP) is 2.67. The molecule has 0 aliphatic heterocycles. The van der Waals surface area contributed by atoms with Crippen LogP contribution in [0, 0.1) is 11.8 Å². The van der Waals surface area contributed by atoms with Crippen molar-refractivity contribution in [3.63, 3.8) is 0 Å². The van der Waals surface area contributed by atoms with Gasteiger partial charge in [0.2, 0.25) is 0 Å². The zero-order valence-corrected chi connectivity index (χ0v) is 8.29. The van der Waals surface area contributed by atoms with Gasteiger partial charge in [0.1, 0.15) is 0 Å². The van der Waals surface area contributed by atoms with E-state index < -0.39 is 5.60 Å². The number of hydrogen-bond donors (Lipinski definition) is 1. The normalized spacial score (nSPS) is 44.6. The second kappa shape index (κ2) is 2.98. The zero-order chi connectivity index (χ0) is 9.47. The van der Waals surface area contributed by atoms with Gasteiger partial charge in [0.05, 0.1) is 5.60 Å². The monoisotopic (exact) mass is 178 g/mol. The topological polar surface area (TPSA) is 20.2 Å². The van der Waals surface area contributed by atoms with E-state index in [-0.39, 0.29) is 0 Å². The highest BCUT2D eigenvalue weighted by Gasteiger charge is 2.46. The number of rotatable bonds is 0. The fraction of sp³-hybridized carbons (Fsp3) is 0.667. The van der Waals surface area contributed by atoms with Crippen molar-refractivity contribution in [2.45, 2.75) is 38.2 Å². The summed E-state index contributed by atoms with van der Waals surface area (Å²) in [5.41, 5.74) is 0.471. The van der Waals surface area contributed by atoms with Gasteiger partial charge in [-0.2, -0.15) is 0 Å². The molecule has 1 saturated carbocycles. The van der Waals surface area contributed by atoms with Crippen molar-refractivity contribution >= 4 is 0 Å². The lowest BCUT2D eigenvalue weighted by Gasteiger charge is -2.30. The zero-order valence-electron chi connectivity index (χ0n) is 8.29. The van der Waals surface area contributed by atoms with Gasteiger partial charge >= 0.3 is 0 Å². The largest absolute Gasteiger partial charge is 0.385 e. The minimum Gasteiger partial charge on any atom is -0.385 e. The summed E-state index contributed by atoms with van der Waals surface area (Å²) in [4.78, 5) is 0. The molecule has 1 nitrogen and oxygen atoms in total. The third-order valence-electron chi connectivity index (χ3n) is 3.71. The minimum absolute atomic E-state index is 0.322. The molecule has 2 rings (SSSR count). The van der Waals surface area contributed by atoms with Crippen molar-refractivity contribution in [2.24, 2.45) is 11.8 Å². The summed E-state index contributed by atoms with van der Waals surface area (Å²) in [6, 6.07) is 0. The average Bonchev–Trinajstić information content (AvgIpc) is 2.30. The Bertz CT molecular complexity index is 254. The van der Waals surface area contributed by atoms with Gasteiger partial charge in [0, 0.05) is 5.92 Å². The number of aliphatic hydroxyl groups is 1. The smallest absolute Gasteiger partial charge is 0.0919 e. The van der Waals surface area contributed by atoms with Crippen LogP contribution >= 0.6 is 0 Å². The van der Waals surface area contributed by atoms with E-state index in [0.717, 1.165) is 31.3 Å². The van der Waals surface area contributed by atoms with Crippen LogP contribution in [0.2, 0.25) is 0 Å². The minimum atomic E-state index is -0.577. The molecular weight excluding hydrogens is 160 g/mol. The van der Waals surface area contributed by atoms with Crippen LogP contribution in [0.5, 0.6) is 0 Å². The Morgan fingerprint density at radius 2 is 2.38 bits per heavy atom. The third-order valence-corrected chi connectivity index (χ3v) is 3.71. The van der Waals surface area contributed by atoms with Gasteiger partial charge in [-0.3, -0.25) is 0 Å². The highest BCUT2D eigenvalue weighted by molar-refractivity contribution is 5.24. The first-order valence-electron chi connectivity index (χ1n) is 5.22. The molecule has 0 amide bonds. The van der Waals surface area contributed by atoms with Crippen molar-refractivity contribution < 1.29 is 5.11 Å². The van der Waals surface area contributed by atoms with E-state index in [1.807, 2.05) is 0 Å². The first-order chi connectivity index (χ1) is 6.14. The molecule has 72 valence electrons. The molecule has 13 heavy (non-hydrogen) atoms. The molecule has 2 aliphatic rings. The molecule has 0 aromatic carbocycles. The van der Waals surface area contributed by atoms with Gasteiger partial charge in [-0.1, -0.05) is 25.7 Å². The summed E-state index contributed by atoms with van der Waals surface area (Å²) in [5.74, 6) is 0.929.